The molecule has 0 atom stereocenters. The summed E-state index contributed by atoms with van der Waals surface area (Å²) in [6.07, 6.45) is -1.16. The molecular weight excluding hydrogens is 347 g/mol. The molecule has 1 aromatic carbocycles. The van der Waals surface area contributed by atoms with Crippen molar-refractivity contribution in [2.45, 2.75) is 6.04 Å². The number of urea groups is 1. The zero-order valence-corrected chi connectivity index (χ0v) is 13.0. The van der Waals surface area contributed by atoms with Crippen LogP contribution >= 0.6 is 11.6 Å². The van der Waals surface area contributed by atoms with Gasteiger partial charge in [-0.05, 0) is 12.1 Å². The van der Waals surface area contributed by atoms with E-state index in [9.17, 15) is 18.8 Å². The summed E-state index contributed by atoms with van der Waals surface area (Å²) in [7, 11) is 0. The summed E-state index contributed by atoms with van der Waals surface area (Å²) >= 11 is 5.52. The fourth-order valence-electron chi connectivity index (χ4n) is 1.86. The maximum atomic E-state index is 13.2. The van der Waals surface area contributed by atoms with Crippen LogP contribution in [0.5, 0.6) is 5.75 Å². The second kappa shape index (κ2) is 7.68. The van der Waals surface area contributed by atoms with Gasteiger partial charge in [0.05, 0.1) is 11.1 Å². The first-order valence-electron chi connectivity index (χ1n) is 6.76. The number of carboxylic acid groups (broad SMARTS) is 1. The van der Waals surface area contributed by atoms with E-state index in [4.69, 9.17) is 21.4 Å². The molecule has 130 valence electrons. The Kier molecular flexibility index (Phi) is 5.64. The maximum Gasteiger partial charge on any atom is 0.405 e. The number of nitrogens with zero attached hydrogens (tertiary/aromatic N) is 1. The van der Waals surface area contributed by atoms with Crippen molar-refractivity contribution < 1.29 is 28.6 Å². The lowest BCUT2D eigenvalue weighted by Crippen LogP contribution is -2.64. The molecule has 2 rings (SSSR count). The quantitative estimate of drug-likeness (QED) is 0.584. The summed E-state index contributed by atoms with van der Waals surface area (Å²) in [6, 6.07) is 2.81. The fourth-order valence-corrected chi connectivity index (χ4v) is 1.98. The number of hydrogen-bond acceptors (Lipinski definition) is 4. The molecule has 0 radical (unpaired) electrons. The van der Waals surface area contributed by atoms with Crippen LogP contribution in [0.25, 0.3) is 0 Å². The summed E-state index contributed by atoms with van der Waals surface area (Å²) in [5.74, 6) is -1.21. The van der Waals surface area contributed by atoms with Gasteiger partial charge in [0.15, 0.2) is 6.61 Å². The lowest BCUT2D eigenvalue weighted by Gasteiger charge is -2.38. The first kappa shape index (κ1) is 17.6. The molecule has 4 amide bonds. The summed E-state index contributed by atoms with van der Waals surface area (Å²) in [6.45, 7) is -0.0341. The Morgan fingerprint density at radius 2 is 2.04 bits per heavy atom. The highest BCUT2D eigenvalue weighted by atomic mass is 35.5. The van der Waals surface area contributed by atoms with Crippen LogP contribution in [-0.4, -0.2) is 53.8 Å². The van der Waals surface area contributed by atoms with Gasteiger partial charge in [-0.15, -0.1) is 0 Å². The molecule has 1 fully saturated rings. The molecule has 1 saturated heterocycles. The van der Waals surface area contributed by atoms with Gasteiger partial charge < -0.3 is 20.1 Å². The summed E-state index contributed by atoms with van der Waals surface area (Å²) in [5, 5.41) is 10.7. The van der Waals surface area contributed by atoms with Crippen LogP contribution in [0, 0.1) is 5.82 Å². The predicted octanol–water partition coefficient (Wildman–Crippen LogP) is 0.551. The molecule has 0 bridgehead atoms. The van der Waals surface area contributed by atoms with Crippen LogP contribution in [0.3, 0.4) is 0 Å². The van der Waals surface area contributed by atoms with Crippen molar-refractivity contribution in [3.8, 4) is 5.75 Å². The maximum absolute atomic E-state index is 13.2. The van der Waals surface area contributed by atoms with Crippen LogP contribution in [0.4, 0.5) is 14.0 Å². The van der Waals surface area contributed by atoms with Gasteiger partial charge in [-0.3, -0.25) is 10.2 Å². The van der Waals surface area contributed by atoms with Crippen LogP contribution in [0.1, 0.15) is 0 Å². The van der Waals surface area contributed by atoms with Gasteiger partial charge in [0.1, 0.15) is 11.6 Å². The minimum atomic E-state index is -1.16. The molecule has 4 N–H and O–H groups in total. The van der Waals surface area contributed by atoms with Crippen LogP contribution < -0.4 is 20.9 Å². The first-order chi connectivity index (χ1) is 11.3. The summed E-state index contributed by atoms with van der Waals surface area (Å²) < 4.78 is 18.2. The highest BCUT2D eigenvalue weighted by molar-refractivity contribution is 6.30. The number of nitrogens with one attached hydrogen (secondary N) is 3. The van der Waals surface area contributed by atoms with Gasteiger partial charge in [0.25, 0.3) is 5.91 Å². The smallest absolute Gasteiger partial charge is 0.405 e. The van der Waals surface area contributed by atoms with E-state index in [1.165, 1.54) is 17.0 Å². The van der Waals surface area contributed by atoms with Crippen molar-refractivity contribution in [1.29, 1.82) is 0 Å². The number of likely N-dealkylation sites (tertiary alicyclic amines) is 1. The van der Waals surface area contributed by atoms with Crippen LogP contribution in [0.2, 0.25) is 5.02 Å². The SMILES string of the molecule is O=C(O)NC1CN(C(=O)NNC(=O)COc2ccc(Cl)c(F)c2)C1. The monoisotopic (exact) mass is 360 g/mol. The number of carbonyl (C=O) groups is 3. The number of carbonyl (C=O) groups excluding carboxylic acids is 2. The Balaban J connectivity index is 1.65. The third-order valence-corrected chi connectivity index (χ3v) is 3.37. The Labute approximate surface area is 140 Å². The van der Waals surface area contributed by atoms with Crippen molar-refractivity contribution in [3.63, 3.8) is 0 Å². The third kappa shape index (κ3) is 4.88. The predicted molar refractivity (Wildman–Crippen MR) is 80.1 cm³/mol. The molecule has 0 aromatic heterocycles. The van der Waals surface area contributed by atoms with E-state index in [0.717, 1.165) is 6.07 Å². The Hall–Kier alpha value is -2.75. The highest BCUT2D eigenvalue weighted by Crippen LogP contribution is 2.20. The Morgan fingerprint density at radius 1 is 1.33 bits per heavy atom. The molecular formula is C13H14ClFN4O5. The number of benzene rings is 1. The molecule has 0 saturated carbocycles. The second-order valence-electron chi connectivity index (χ2n) is 4.89. The molecule has 1 aromatic rings. The van der Waals surface area contributed by atoms with E-state index in [0.29, 0.717) is 0 Å². The Morgan fingerprint density at radius 3 is 2.67 bits per heavy atom. The van der Waals surface area contributed by atoms with Gasteiger partial charge in [0, 0.05) is 19.2 Å². The zero-order chi connectivity index (χ0) is 17.7. The van der Waals surface area contributed by atoms with E-state index in [1.807, 2.05) is 0 Å². The van der Waals surface area contributed by atoms with Gasteiger partial charge in [-0.2, -0.15) is 0 Å². The molecule has 9 nitrogen and oxygen atoms in total. The summed E-state index contributed by atoms with van der Waals surface area (Å²) in [5.41, 5.74) is 4.27. The van der Waals surface area contributed by atoms with E-state index in [-0.39, 0.29) is 29.9 Å². The molecule has 0 unspecified atom stereocenters. The lowest BCUT2D eigenvalue weighted by molar-refractivity contribution is -0.123. The average molecular weight is 361 g/mol. The molecule has 1 heterocycles. The fraction of sp³-hybridized carbons (Fsp3) is 0.308. The Bertz CT molecular complexity index is 653. The van der Waals surface area contributed by atoms with E-state index in [1.54, 1.807) is 0 Å². The minimum Gasteiger partial charge on any atom is -0.484 e. The van der Waals surface area contributed by atoms with Crippen molar-refractivity contribution in [2.75, 3.05) is 19.7 Å². The van der Waals surface area contributed by atoms with Crippen molar-refractivity contribution >= 4 is 29.6 Å². The number of rotatable bonds is 4. The molecule has 0 aliphatic carbocycles. The minimum absolute atomic E-state index is 0.0655. The first-order valence-corrected chi connectivity index (χ1v) is 7.14. The number of halogens is 2. The van der Waals surface area contributed by atoms with E-state index in [2.05, 4.69) is 16.2 Å². The van der Waals surface area contributed by atoms with E-state index >= 15 is 0 Å². The van der Waals surface area contributed by atoms with Crippen LogP contribution in [-0.2, 0) is 4.79 Å². The van der Waals surface area contributed by atoms with Gasteiger partial charge in [0.2, 0.25) is 0 Å². The van der Waals surface area contributed by atoms with Gasteiger partial charge >= 0.3 is 12.1 Å². The van der Waals surface area contributed by atoms with Gasteiger partial charge in [-0.1, -0.05) is 11.6 Å². The molecule has 0 spiro atoms. The third-order valence-electron chi connectivity index (χ3n) is 3.07. The second-order valence-corrected chi connectivity index (χ2v) is 5.30. The number of hydrazine groups is 1. The largest absolute Gasteiger partial charge is 0.484 e. The number of amides is 4. The van der Waals surface area contributed by atoms with Crippen molar-refractivity contribution in [2.24, 2.45) is 0 Å². The van der Waals surface area contributed by atoms with Gasteiger partial charge in [-0.25, -0.2) is 19.4 Å². The topological polar surface area (TPSA) is 120 Å². The zero-order valence-electron chi connectivity index (χ0n) is 12.2. The van der Waals surface area contributed by atoms with Crippen molar-refractivity contribution in [1.82, 2.24) is 21.1 Å². The van der Waals surface area contributed by atoms with E-state index < -0.39 is 30.5 Å². The molecule has 11 heteroatoms. The molecule has 24 heavy (non-hydrogen) atoms. The standard InChI is InChI=1S/C13H14ClFN4O5/c14-9-2-1-8(3-10(9)15)24-6-11(20)17-18-12(21)19-4-7(5-19)16-13(22)23/h1-3,7,16H,4-6H2,(H,17,20)(H,18,21)(H,22,23). The lowest BCUT2D eigenvalue weighted by atomic mass is 10.1. The number of ether oxygens (including phenoxy) is 1. The molecule has 1 aliphatic heterocycles. The summed E-state index contributed by atoms with van der Waals surface area (Å²) in [4.78, 5) is 34.9. The van der Waals surface area contributed by atoms with Crippen LogP contribution in [0.15, 0.2) is 18.2 Å². The average Bonchev–Trinajstić information content (AvgIpc) is 2.49. The number of hydrogen-bond donors (Lipinski definition) is 4. The normalized spacial score (nSPS) is 13.7. The highest BCUT2D eigenvalue weighted by Gasteiger charge is 2.31. The molecule has 1 aliphatic rings. The van der Waals surface area contributed by atoms with Crippen molar-refractivity contribution in [3.05, 3.63) is 29.0 Å².